The minimum Gasteiger partial charge on any atom is -0.478 e. The Morgan fingerprint density at radius 2 is 2.07 bits per heavy atom. The van der Waals surface area contributed by atoms with Gasteiger partial charge >= 0.3 is 11.7 Å². The maximum Gasteiger partial charge on any atom is 0.337 e. The van der Waals surface area contributed by atoms with Crippen molar-refractivity contribution in [3.63, 3.8) is 0 Å². The number of rotatable bonds is 3. The van der Waals surface area contributed by atoms with Gasteiger partial charge in [-0.2, -0.15) is 8.78 Å². The predicted octanol–water partition coefficient (Wildman–Crippen LogP) is 2.37. The monoisotopic (exact) mass is 254 g/mol. The van der Waals surface area contributed by atoms with E-state index in [0.29, 0.717) is 0 Å². The molecule has 82 valence electrons. The highest BCUT2D eigenvalue weighted by Gasteiger charge is 2.18. The van der Waals surface area contributed by atoms with Crippen LogP contribution < -0.4 is 0 Å². The molecule has 0 saturated carbocycles. The largest absolute Gasteiger partial charge is 0.478 e. The Hall–Kier alpha value is -1.01. The fourth-order valence-corrected chi connectivity index (χ4v) is 1.74. The topological polar surface area (TPSA) is 54.4 Å². The molecule has 0 heterocycles. The number of halogens is 3. The number of aromatic carboxylic acids is 1. The van der Waals surface area contributed by atoms with Crippen LogP contribution in [-0.2, 0) is 10.8 Å². The summed E-state index contributed by atoms with van der Waals surface area (Å²) in [7, 11) is -2.53. The molecule has 0 aliphatic carbocycles. The predicted molar refractivity (Wildman–Crippen MR) is 50.8 cm³/mol. The molecule has 7 heteroatoms. The Bertz CT molecular complexity index is 422. The molecule has 1 atom stereocenters. The van der Waals surface area contributed by atoms with E-state index < -0.39 is 22.5 Å². The lowest BCUT2D eigenvalue weighted by Crippen LogP contribution is -2.05. The number of benzene rings is 1. The molecule has 0 saturated heterocycles. The molecule has 1 rings (SSSR count). The molecule has 0 bridgehead atoms. The van der Waals surface area contributed by atoms with Gasteiger partial charge in [-0.3, -0.25) is 0 Å². The summed E-state index contributed by atoms with van der Waals surface area (Å²) in [5, 5.41) is 8.55. The number of alkyl halides is 2. The number of carboxylic acids is 1. The van der Waals surface area contributed by atoms with Crippen LogP contribution in [0.3, 0.4) is 0 Å². The van der Waals surface area contributed by atoms with Crippen molar-refractivity contribution in [2.24, 2.45) is 0 Å². The van der Waals surface area contributed by atoms with Crippen LogP contribution in [0.5, 0.6) is 0 Å². The Kier molecular flexibility index (Phi) is 3.76. The molecule has 0 aromatic heterocycles. The fraction of sp³-hybridized carbons (Fsp3) is 0.125. The van der Waals surface area contributed by atoms with Gasteiger partial charge < -0.3 is 5.11 Å². The summed E-state index contributed by atoms with van der Waals surface area (Å²) < 4.78 is 35.1. The highest BCUT2D eigenvalue weighted by molar-refractivity contribution is 7.85. The summed E-state index contributed by atoms with van der Waals surface area (Å²) in [6.45, 7) is 0. The lowest BCUT2D eigenvalue weighted by molar-refractivity contribution is 0.0696. The maximum absolute atomic E-state index is 12.1. The molecule has 1 aromatic rings. The van der Waals surface area contributed by atoms with E-state index in [4.69, 9.17) is 16.7 Å². The van der Waals surface area contributed by atoms with Gasteiger partial charge in [0.05, 0.1) is 10.6 Å². The van der Waals surface area contributed by atoms with Crippen LogP contribution in [0.2, 0.25) is 5.02 Å². The van der Waals surface area contributed by atoms with Gasteiger partial charge in [0.15, 0.2) is 0 Å². The summed E-state index contributed by atoms with van der Waals surface area (Å²) >= 11 is 5.51. The van der Waals surface area contributed by atoms with Crippen molar-refractivity contribution in [3.05, 3.63) is 28.8 Å². The lowest BCUT2D eigenvalue weighted by Gasteiger charge is -2.03. The van der Waals surface area contributed by atoms with Crippen LogP contribution in [0.1, 0.15) is 10.4 Å². The summed E-state index contributed by atoms with van der Waals surface area (Å²) in [4.78, 5) is 10.3. The average Bonchev–Trinajstić information content (AvgIpc) is 2.16. The standard InChI is InChI=1S/C8H5ClF2O3S/c9-6-2-1-4(15(14)8(10)11)3-5(6)7(12)13/h1-3,8H,(H,12,13). The van der Waals surface area contributed by atoms with Crippen molar-refractivity contribution >= 4 is 28.4 Å². The highest BCUT2D eigenvalue weighted by atomic mass is 35.5. The zero-order chi connectivity index (χ0) is 11.6. The van der Waals surface area contributed by atoms with Crippen LogP contribution in [-0.4, -0.2) is 21.0 Å². The molecule has 1 aromatic carbocycles. The minimum absolute atomic E-state index is 0.0856. The Morgan fingerprint density at radius 1 is 1.47 bits per heavy atom. The van der Waals surface area contributed by atoms with Crippen molar-refractivity contribution in [2.75, 3.05) is 0 Å². The van der Waals surface area contributed by atoms with Gasteiger partial charge in [-0.25, -0.2) is 9.00 Å². The van der Waals surface area contributed by atoms with E-state index in [9.17, 15) is 17.8 Å². The zero-order valence-corrected chi connectivity index (χ0v) is 8.69. The third kappa shape index (κ3) is 2.73. The molecule has 0 aliphatic rings. The lowest BCUT2D eigenvalue weighted by atomic mass is 10.2. The van der Waals surface area contributed by atoms with Gasteiger partial charge in [0.25, 0.3) is 0 Å². The molecular weight excluding hydrogens is 250 g/mol. The molecule has 1 N–H and O–H groups in total. The fourth-order valence-electron chi connectivity index (χ4n) is 0.896. The first kappa shape index (κ1) is 12.1. The molecule has 1 unspecified atom stereocenters. The second kappa shape index (κ2) is 4.67. The van der Waals surface area contributed by atoms with E-state index in [1.165, 1.54) is 0 Å². The van der Waals surface area contributed by atoms with E-state index in [1.54, 1.807) is 0 Å². The first-order valence-electron chi connectivity index (χ1n) is 3.65. The normalized spacial score (nSPS) is 12.8. The number of hydrogen-bond donors (Lipinski definition) is 1. The molecule has 0 spiro atoms. The molecule has 0 radical (unpaired) electrons. The van der Waals surface area contributed by atoms with Crippen molar-refractivity contribution < 1.29 is 22.9 Å². The van der Waals surface area contributed by atoms with E-state index in [-0.39, 0.29) is 15.5 Å². The van der Waals surface area contributed by atoms with Gasteiger partial charge in [0.1, 0.15) is 10.8 Å². The van der Waals surface area contributed by atoms with E-state index in [1.807, 2.05) is 0 Å². The third-order valence-electron chi connectivity index (χ3n) is 1.56. The van der Waals surface area contributed by atoms with Crippen LogP contribution in [0.15, 0.2) is 23.1 Å². The van der Waals surface area contributed by atoms with Crippen molar-refractivity contribution in [3.8, 4) is 0 Å². The third-order valence-corrected chi connectivity index (χ3v) is 2.93. The molecule has 15 heavy (non-hydrogen) atoms. The first-order valence-corrected chi connectivity index (χ1v) is 5.24. The second-order valence-electron chi connectivity index (χ2n) is 2.50. The number of carbonyl (C=O) groups is 1. The van der Waals surface area contributed by atoms with Gasteiger partial charge in [0.2, 0.25) is 0 Å². The molecule has 0 aliphatic heterocycles. The van der Waals surface area contributed by atoms with E-state index >= 15 is 0 Å². The molecule has 0 fully saturated rings. The van der Waals surface area contributed by atoms with Gasteiger partial charge in [0, 0.05) is 4.90 Å². The van der Waals surface area contributed by atoms with Gasteiger partial charge in [-0.15, -0.1) is 0 Å². The quantitative estimate of drug-likeness (QED) is 0.901. The zero-order valence-electron chi connectivity index (χ0n) is 7.12. The summed E-state index contributed by atoms with van der Waals surface area (Å²) in [6, 6.07) is 3.12. The summed E-state index contributed by atoms with van der Waals surface area (Å²) in [6.07, 6.45) is 0. The Labute approximate surface area is 91.1 Å². The van der Waals surface area contributed by atoms with E-state index in [2.05, 4.69) is 0 Å². The van der Waals surface area contributed by atoms with Gasteiger partial charge in [-0.05, 0) is 18.2 Å². The molecule has 0 amide bonds. The van der Waals surface area contributed by atoms with Crippen LogP contribution in [0.25, 0.3) is 0 Å². The van der Waals surface area contributed by atoms with Crippen molar-refractivity contribution in [1.82, 2.24) is 0 Å². The van der Waals surface area contributed by atoms with Crippen LogP contribution >= 0.6 is 11.6 Å². The first-order chi connectivity index (χ1) is 6.93. The summed E-state index contributed by atoms with van der Waals surface area (Å²) in [5.41, 5.74) is -0.344. The highest BCUT2D eigenvalue weighted by Crippen LogP contribution is 2.21. The maximum atomic E-state index is 12.1. The Balaban J connectivity index is 3.19. The Morgan fingerprint density at radius 3 is 2.53 bits per heavy atom. The van der Waals surface area contributed by atoms with Crippen molar-refractivity contribution in [1.29, 1.82) is 0 Å². The van der Waals surface area contributed by atoms with Crippen LogP contribution in [0, 0.1) is 0 Å². The van der Waals surface area contributed by atoms with Crippen LogP contribution in [0.4, 0.5) is 8.78 Å². The SMILES string of the molecule is O=C(O)c1cc(S(=O)C(F)F)ccc1Cl. The molecular formula is C8H5ClF2O3S. The second-order valence-corrected chi connectivity index (χ2v) is 4.33. The van der Waals surface area contributed by atoms with E-state index in [0.717, 1.165) is 18.2 Å². The van der Waals surface area contributed by atoms with Crippen molar-refractivity contribution in [2.45, 2.75) is 10.7 Å². The average molecular weight is 255 g/mol. The van der Waals surface area contributed by atoms with Gasteiger partial charge in [-0.1, -0.05) is 11.6 Å². The summed E-state index contributed by atoms with van der Waals surface area (Å²) in [5.74, 6) is -4.40. The number of hydrogen-bond acceptors (Lipinski definition) is 2. The minimum atomic E-state index is -3.05. The smallest absolute Gasteiger partial charge is 0.337 e. The number of carboxylic acid groups (broad SMARTS) is 1. The molecule has 3 nitrogen and oxygen atoms in total.